The molecule has 0 bridgehead atoms. The molecule has 3 nitrogen and oxygen atoms in total. The van der Waals surface area contributed by atoms with Crippen LogP contribution in [-0.2, 0) is 25.6 Å². The second kappa shape index (κ2) is 8.12. The summed E-state index contributed by atoms with van der Waals surface area (Å²) in [6.45, 7) is 11.4. The van der Waals surface area contributed by atoms with Crippen molar-refractivity contribution in [2.24, 2.45) is 0 Å². The molecule has 1 rings (SSSR count). The zero-order valence-corrected chi connectivity index (χ0v) is 14.9. The van der Waals surface area contributed by atoms with E-state index in [9.17, 15) is 4.57 Å². The first-order valence-corrected chi connectivity index (χ1v) is 9.51. The molecule has 1 unspecified atom stereocenters. The highest BCUT2D eigenvalue weighted by atomic mass is 31.2. The van der Waals surface area contributed by atoms with Crippen LogP contribution in [0.15, 0.2) is 24.3 Å². The highest BCUT2D eigenvalue weighted by molar-refractivity contribution is 7.53. The fraction of sp³-hybridized carbons (Fsp3) is 0.647. The summed E-state index contributed by atoms with van der Waals surface area (Å²) in [4.78, 5) is 0. The van der Waals surface area contributed by atoms with Crippen molar-refractivity contribution in [3.05, 3.63) is 35.4 Å². The average molecular weight is 312 g/mol. The third kappa shape index (κ3) is 6.34. The van der Waals surface area contributed by atoms with Gasteiger partial charge in [0, 0.05) is 6.16 Å². The van der Waals surface area contributed by atoms with Gasteiger partial charge in [0.25, 0.3) is 0 Å². The molecule has 0 aliphatic rings. The van der Waals surface area contributed by atoms with Gasteiger partial charge in [0.15, 0.2) is 0 Å². The Kier molecular flexibility index (Phi) is 7.12. The zero-order chi connectivity index (χ0) is 15.9. The first kappa shape index (κ1) is 18.4. The lowest BCUT2D eigenvalue weighted by Crippen LogP contribution is -2.10. The average Bonchev–Trinajstić information content (AvgIpc) is 2.43. The molecule has 1 atom stereocenters. The zero-order valence-electron chi connectivity index (χ0n) is 14.0. The Morgan fingerprint density at radius 1 is 1.00 bits per heavy atom. The van der Waals surface area contributed by atoms with Crippen LogP contribution in [0.4, 0.5) is 0 Å². The largest absolute Gasteiger partial charge is 0.330 e. The number of hydrogen-bond donors (Lipinski definition) is 0. The molecular formula is C17H29O3P. The van der Waals surface area contributed by atoms with E-state index in [2.05, 4.69) is 32.9 Å². The maximum absolute atomic E-state index is 12.5. The van der Waals surface area contributed by atoms with Gasteiger partial charge in [-0.3, -0.25) is 4.57 Å². The van der Waals surface area contributed by atoms with E-state index in [1.807, 2.05) is 26.0 Å². The van der Waals surface area contributed by atoms with Gasteiger partial charge in [0.1, 0.15) is 0 Å². The SMILES string of the molecule is CCCOP(=O)(CCC)OCc1ccc(C(C)(C)C)cc1. The van der Waals surface area contributed by atoms with Crippen molar-refractivity contribution >= 4 is 7.60 Å². The first-order chi connectivity index (χ1) is 9.80. The fourth-order valence-electron chi connectivity index (χ4n) is 1.94. The Balaban J connectivity index is 2.65. The Bertz CT molecular complexity index is 460. The van der Waals surface area contributed by atoms with Gasteiger partial charge in [0.05, 0.1) is 13.2 Å². The van der Waals surface area contributed by atoms with Gasteiger partial charge >= 0.3 is 7.60 Å². The highest BCUT2D eigenvalue weighted by Crippen LogP contribution is 2.49. The van der Waals surface area contributed by atoms with Crippen LogP contribution in [-0.4, -0.2) is 12.8 Å². The standard InChI is InChI=1S/C17H29O3P/c1-6-12-19-21(18,13-7-2)20-14-15-8-10-16(11-9-15)17(3,4)5/h8-11H,6-7,12-14H2,1-5H3. The van der Waals surface area contributed by atoms with E-state index in [0.717, 1.165) is 18.4 Å². The number of hydrogen-bond acceptors (Lipinski definition) is 3. The molecule has 0 spiro atoms. The molecule has 0 radical (unpaired) electrons. The minimum Gasteiger partial charge on any atom is -0.309 e. The molecule has 0 aromatic heterocycles. The molecule has 0 N–H and O–H groups in total. The number of benzene rings is 1. The predicted molar refractivity (Wildman–Crippen MR) is 88.9 cm³/mol. The molecule has 4 heteroatoms. The van der Waals surface area contributed by atoms with Crippen LogP contribution in [0.5, 0.6) is 0 Å². The van der Waals surface area contributed by atoms with Crippen LogP contribution in [0.25, 0.3) is 0 Å². The van der Waals surface area contributed by atoms with Crippen molar-refractivity contribution in [2.75, 3.05) is 12.8 Å². The summed E-state index contributed by atoms with van der Waals surface area (Å²) in [5.41, 5.74) is 2.45. The highest BCUT2D eigenvalue weighted by Gasteiger charge is 2.23. The van der Waals surface area contributed by atoms with Crippen LogP contribution < -0.4 is 0 Å². The van der Waals surface area contributed by atoms with Crippen molar-refractivity contribution < 1.29 is 13.6 Å². The Labute approximate surface area is 129 Å². The summed E-state index contributed by atoms with van der Waals surface area (Å²) in [6, 6.07) is 8.29. The van der Waals surface area contributed by atoms with E-state index >= 15 is 0 Å². The normalized spacial score (nSPS) is 14.9. The summed E-state index contributed by atoms with van der Waals surface area (Å²) >= 11 is 0. The molecule has 1 aromatic carbocycles. The lowest BCUT2D eigenvalue weighted by atomic mass is 9.87. The second-order valence-electron chi connectivity index (χ2n) is 6.39. The van der Waals surface area contributed by atoms with Gasteiger partial charge < -0.3 is 9.05 Å². The third-order valence-electron chi connectivity index (χ3n) is 3.24. The minimum absolute atomic E-state index is 0.140. The van der Waals surface area contributed by atoms with Gasteiger partial charge in [-0.1, -0.05) is 58.9 Å². The van der Waals surface area contributed by atoms with Crippen LogP contribution in [0, 0.1) is 0 Å². The Morgan fingerprint density at radius 2 is 1.62 bits per heavy atom. The molecule has 0 fully saturated rings. The summed E-state index contributed by atoms with van der Waals surface area (Å²) in [5, 5.41) is 0. The van der Waals surface area contributed by atoms with E-state index in [4.69, 9.17) is 9.05 Å². The van der Waals surface area contributed by atoms with E-state index in [1.54, 1.807) is 0 Å². The smallest absolute Gasteiger partial charge is 0.309 e. The van der Waals surface area contributed by atoms with E-state index in [1.165, 1.54) is 5.56 Å². The maximum atomic E-state index is 12.5. The lowest BCUT2D eigenvalue weighted by Gasteiger charge is -2.20. The fourth-order valence-corrected chi connectivity index (χ4v) is 3.63. The molecule has 0 aliphatic heterocycles. The quantitative estimate of drug-likeness (QED) is 0.592. The van der Waals surface area contributed by atoms with Crippen LogP contribution in [0.3, 0.4) is 0 Å². The molecule has 0 heterocycles. The molecule has 0 saturated heterocycles. The Morgan fingerprint density at radius 3 is 2.10 bits per heavy atom. The molecule has 0 aliphatic carbocycles. The number of rotatable bonds is 8. The lowest BCUT2D eigenvalue weighted by molar-refractivity contribution is 0.197. The predicted octanol–water partition coefficient (Wildman–Crippen LogP) is 5.53. The van der Waals surface area contributed by atoms with Gasteiger partial charge in [-0.15, -0.1) is 0 Å². The van der Waals surface area contributed by atoms with Crippen molar-refractivity contribution in [1.29, 1.82) is 0 Å². The van der Waals surface area contributed by atoms with Gasteiger partial charge in [0.2, 0.25) is 0 Å². The van der Waals surface area contributed by atoms with Crippen molar-refractivity contribution in [3.63, 3.8) is 0 Å². The second-order valence-corrected chi connectivity index (χ2v) is 8.57. The van der Waals surface area contributed by atoms with E-state index < -0.39 is 7.60 Å². The van der Waals surface area contributed by atoms with Gasteiger partial charge in [-0.2, -0.15) is 0 Å². The van der Waals surface area contributed by atoms with Gasteiger partial charge in [-0.05, 0) is 29.4 Å². The van der Waals surface area contributed by atoms with Crippen LogP contribution >= 0.6 is 7.60 Å². The van der Waals surface area contributed by atoms with Crippen molar-refractivity contribution in [1.82, 2.24) is 0 Å². The van der Waals surface area contributed by atoms with E-state index in [0.29, 0.717) is 19.4 Å². The van der Waals surface area contributed by atoms with Crippen LogP contribution in [0.1, 0.15) is 58.6 Å². The van der Waals surface area contributed by atoms with E-state index in [-0.39, 0.29) is 5.41 Å². The molecule has 120 valence electrons. The maximum Gasteiger partial charge on any atom is 0.330 e. The Hall–Kier alpha value is -0.630. The van der Waals surface area contributed by atoms with Crippen molar-refractivity contribution in [2.45, 2.75) is 59.5 Å². The summed E-state index contributed by atoms with van der Waals surface area (Å²) in [5.74, 6) is 0. The third-order valence-corrected chi connectivity index (χ3v) is 5.33. The molecule has 0 amide bonds. The van der Waals surface area contributed by atoms with Crippen molar-refractivity contribution in [3.8, 4) is 0 Å². The molecule has 1 aromatic rings. The molecule has 0 saturated carbocycles. The first-order valence-electron chi connectivity index (χ1n) is 7.78. The van der Waals surface area contributed by atoms with Crippen LogP contribution in [0.2, 0.25) is 0 Å². The molecular weight excluding hydrogens is 283 g/mol. The monoisotopic (exact) mass is 312 g/mol. The summed E-state index contributed by atoms with van der Waals surface area (Å²) in [6.07, 6.45) is 2.12. The summed E-state index contributed by atoms with van der Waals surface area (Å²) in [7, 11) is -2.95. The molecule has 21 heavy (non-hydrogen) atoms. The topological polar surface area (TPSA) is 35.5 Å². The minimum atomic E-state index is -2.95. The summed E-state index contributed by atoms with van der Waals surface area (Å²) < 4.78 is 23.6. The van der Waals surface area contributed by atoms with Gasteiger partial charge in [-0.25, -0.2) is 0 Å².